The van der Waals surface area contributed by atoms with Gasteiger partial charge in [-0.15, -0.1) is 0 Å². The molecule has 1 aliphatic heterocycles. The van der Waals surface area contributed by atoms with Crippen molar-refractivity contribution in [3.05, 3.63) is 35.3 Å². The zero-order valence-electron chi connectivity index (χ0n) is 19.3. The van der Waals surface area contributed by atoms with E-state index in [-0.39, 0.29) is 5.82 Å². The molecule has 3 nitrogen and oxygen atoms in total. The van der Waals surface area contributed by atoms with Crippen LogP contribution in [0.2, 0.25) is 0 Å². The van der Waals surface area contributed by atoms with E-state index in [4.69, 9.17) is 0 Å². The number of fused-ring (bicyclic) bond motifs is 1. The van der Waals surface area contributed by atoms with Crippen molar-refractivity contribution in [1.29, 1.82) is 0 Å². The Morgan fingerprint density at radius 1 is 1.17 bits per heavy atom. The number of unbranched alkanes of at least 4 members (excludes halogenated alkanes) is 1. The molecule has 2 fully saturated rings. The molecule has 0 radical (unpaired) electrons. The molecule has 1 N–H and O–H groups in total. The van der Waals surface area contributed by atoms with Gasteiger partial charge in [0, 0.05) is 28.7 Å². The van der Waals surface area contributed by atoms with Crippen LogP contribution in [0.5, 0.6) is 0 Å². The van der Waals surface area contributed by atoms with Crippen molar-refractivity contribution in [3.8, 4) is 0 Å². The van der Waals surface area contributed by atoms with Gasteiger partial charge in [-0.25, -0.2) is 4.39 Å². The maximum absolute atomic E-state index is 14.1. The van der Waals surface area contributed by atoms with Crippen LogP contribution in [0.3, 0.4) is 0 Å². The van der Waals surface area contributed by atoms with E-state index in [0.717, 1.165) is 23.9 Å². The first-order valence-corrected chi connectivity index (χ1v) is 12.2. The number of H-pyrrole nitrogens is 1. The Hall–Kier alpha value is -1.39. The molecule has 0 bridgehead atoms. The summed E-state index contributed by atoms with van der Waals surface area (Å²) in [7, 11) is 4.53. The van der Waals surface area contributed by atoms with Gasteiger partial charge < -0.3 is 14.8 Å². The predicted molar refractivity (Wildman–Crippen MR) is 125 cm³/mol. The first-order chi connectivity index (χ1) is 14.5. The molecule has 2 aliphatic rings. The van der Waals surface area contributed by atoms with Crippen LogP contribution in [-0.4, -0.2) is 54.1 Å². The molecule has 2 heterocycles. The van der Waals surface area contributed by atoms with E-state index < -0.39 is 0 Å². The Kier molecular flexibility index (Phi) is 6.84. The summed E-state index contributed by atoms with van der Waals surface area (Å²) >= 11 is 0. The standard InChI is InChI=1S/C26H40FN3/c1-4-5-13-26(29(2)3)14-10-20(11-15-26)25-22(12-18-30-16-6-7-17-30)23-19-21(27)8-9-24(23)28-25/h8-9,19-20,28H,4-7,10-18H2,1-3H3. The molecule has 0 spiro atoms. The lowest BCUT2D eigenvalue weighted by molar-refractivity contribution is 0.0802. The lowest BCUT2D eigenvalue weighted by atomic mass is 9.72. The predicted octanol–water partition coefficient (Wildman–Crippen LogP) is 6.09. The van der Waals surface area contributed by atoms with Gasteiger partial charge in [-0.1, -0.05) is 19.8 Å². The van der Waals surface area contributed by atoms with Gasteiger partial charge in [-0.05, 0) is 108 Å². The van der Waals surface area contributed by atoms with Crippen LogP contribution >= 0.6 is 0 Å². The van der Waals surface area contributed by atoms with Crippen molar-refractivity contribution in [2.24, 2.45) is 0 Å². The quantitative estimate of drug-likeness (QED) is 0.565. The molecule has 166 valence electrons. The topological polar surface area (TPSA) is 22.3 Å². The Labute approximate surface area is 182 Å². The molecular formula is C26H40FN3. The largest absolute Gasteiger partial charge is 0.358 e. The summed E-state index contributed by atoms with van der Waals surface area (Å²) < 4.78 is 14.1. The van der Waals surface area contributed by atoms with E-state index in [1.54, 1.807) is 12.1 Å². The third kappa shape index (κ3) is 4.45. The van der Waals surface area contributed by atoms with E-state index >= 15 is 0 Å². The van der Waals surface area contributed by atoms with Crippen LogP contribution in [0.25, 0.3) is 10.9 Å². The van der Waals surface area contributed by atoms with Gasteiger partial charge in [0.05, 0.1) is 0 Å². The van der Waals surface area contributed by atoms with E-state index in [1.807, 2.05) is 6.07 Å². The average molecular weight is 414 g/mol. The summed E-state index contributed by atoms with van der Waals surface area (Å²) in [6.07, 6.45) is 12.6. The van der Waals surface area contributed by atoms with Gasteiger partial charge >= 0.3 is 0 Å². The summed E-state index contributed by atoms with van der Waals surface area (Å²) in [4.78, 5) is 8.81. The molecule has 1 aliphatic carbocycles. The summed E-state index contributed by atoms with van der Waals surface area (Å²) in [5.41, 5.74) is 4.25. The van der Waals surface area contributed by atoms with Gasteiger partial charge in [0.2, 0.25) is 0 Å². The molecule has 30 heavy (non-hydrogen) atoms. The normalized spacial score (nSPS) is 25.6. The zero-order valence-corrected chi connectivity index (χ0v) is 19.3. The molecule has 1 saturated heterocycles. The van der Waals surface area contributed by atoms with Crippen molar-refractivity contribution < 1.29 is 4.39 Å². The van der Waals surface area contributed by atoms with Crippen molar-refractivity contribution in [2.45, 2.75) is 82.6 Å². The second-order valence-corrected chi connectivity index (χ2v) is 10.0. The number of nitrogens with one attached hydrogen (secondary N) is 1. The Balaban J connectivity index is 1.56. The summed E-state index contributed by atoms with van der Waals surface area (Å²) in [6, 6.07) is 5.28. The van der Waals surface area contributed by atoms with Crippen LogP contribution in [0, 0.1) is 5.82 Å². The van der Waals surface area contributed by atoms with Crippen molar-refractivity contribution >= 4 is 10.9 Å². The first-order valence-electron chi connectivity index (χ1n) is 12.2. The Bertz CT molecular complexity index is 826. The molecular weight excluding hydrogens is 373 g/mol. The minimum Gasteiger partial charge on any atom is -0.358 e. The Morgan fingerprint density at radius 3 is 2.57 bits per heavy atom. The molecule has 2 aromatic rings. The van der Waals surface area contributed by atoms with Gasteiger partial charge in [0.15, 0.2) is 0 Å². The summed E-state index contributed by atoms with van der Waals surface area (Å²) in [5.74, 6) is 0.453. The fourth-order valence-corrected chi connectivity index (χ4v) is 6.01. The van der Waals surface area contributed by atoms with Gasteiger partial charge in [0.1, 0.15) is 5.82 Å². The number of likely N-dealkylation sites (tertiary alicyclic amines) is 1. The number of aromatic amines is 1. The number of hydrogen-bond acceptors (Lipinski definition) is 2. The molecule has 1 aromatic carbocycles. The maximum atomic E-state index is 14.1. The fourth-order valence-electron chi connectivity index (χ4n) is 6.01. The minimum absolute atomic E-state index is 0.120. The lowest BCUT2D eigenvalue weighted by Crippen LogP contribution is -2.46. The molecule has 4 heteroatoms. The first kappa shape index (κ1) is 21.8. The van der Waals surface area contributed by atoms with Crippen LogP contribution in [0.4, 0.5) is 4.39 Å². The highest BCUT2D eigenvalue weighted by Gasteiger charge is 2.38. The third-order valence-electron chi connectivity index (χ3n) is 8.05. The Morgan fingerprint density at radius 2 is 1.90 bits per heavy atom. The number of aromatic nitrogens is 1. The van der Waals surface area contributed by atoms with E-state index in [1.165, 1.54) is 82.1 Å². The van der Waals surface area contributed by atoms with E-state index in [9.17, 15) is 4.39 Å². The third-order valence-corrected chi connectivity index (χ3v) is 8.05. The summed E-state index contributed by atoms with van der Waals surface area (Å²) in [6.45, 7) is 5.84. The molecule has 0 atom stereocenters. The number of nitrogens with zero attached hydrogens (tertiary/aromatic N) is 2. The smallest absolute Gasteiger partial charge is 0.123 e. The van der Waals surface area contributed by atoms with Crippen molar-refractivity contribution in [1.82, 2.24) is 14.8 Å². The zero-order chi connectivity index (χ0) is 21.1. The van der Waals surface area contributed by atoms with Crippen molar-refractivity contribution in [3.63, 3.8) is 0 Å². The molecule has 1 saturated carbocycles. The van der Waals surface area contributed by atoms with Crippen LogP contribution in [0.15, 0.2) is 18.2 Å². The van der Waals surface area contributed by atoms with Gasteiger partial charge in [-0.3, -0.25) is 0 Å². The lowest BCUT2D eigenvalue weighted by Gasteiger charge is -2.45. The highest BCUT2D eigenvalue weighted by Crippen LogP contribution is 2.44. The maximum Gasteiger partial charge on any atom is 0.123 e. The molecule has 0 amide bonds. The number of halogens is 1. The second kappa shape index (κ2) is 9.40. The summed E-state index contributed by atoms with van der Waals surface area (Å²) in [5, 5.41) is 1.11. The SMILES string of the molecule is CCCCC1(N(C)C)CCC(c2[nH]c3ccc(F)cc3c2CCN2CCCC2)CC1. The van der Waals surface area contributed by atoms with Crippen LogP contribution in [0.1, 0.15) is 81.9 Å². The minimum atomic E-state index is -0.120. The van der Waals surface area contributed by atoms with E-state index in [2.05, 4.69) is 35.8 Å². The van der Waals surface area contributed by atoms with Gasteiger partial charge in [0.25, 0.3) is 0 Å². The number of benzene rings is 1. The van der Waals surface area contributed by atoms with Crippen LogP contribution < -0.4 is 0 Å². The van der Waals surface area contributed by atoms with Crippen LogP contribution in [-0.2, 0) is 6.42 Å². The average Bonchev–Trinajstić information content (AvgIpc) is 3.38. The van der Waals surface area contributed by atoms with Crippen molar-refractivity contribution in [2.75, 3.05) is 33.7 Å². The number of rotatable bonds is 8. The number of hydrogen-bond donors (Lipinski definition) is 1. The fraction of sp³-hybridized carbons (Fsp3) is 0.692. The monoisotopic (exact) mass is 413 g/mol. The van der Waals surface area contributed by atoms with E-state index in [0.29, 0.717) is 11.5 Å². The van der Waals surface area contributed by atoms with Gasteiger partial charge in [-0.2, -0.15) is 0 Å². The molecule has 4 rings (SSSR count). The highest BCUT2D eigenvalue weighted by molar-refractivity contribution is 5.85. The molecule has 1 aromatic heterocycles. The second-order valence-electron chi connectivity index (χ2n) is 10.0. The molecule has 0 unspecified atom stereocenters. The highest BCUT2D eigenvalue weighted by atomic mass is 19.1.